The van der Waals surface area contributed by atoms with Crippen LogP contribution in [-0.2, 0) is 14.3 Å². The Labute approximate surface area is 147 Å². The summed E-state index contributed by atoms with van der Waals surface area (Å²) in [6.45, 7) is 13.6. The lowest BCUT2D eigenvalue weighted by Crippen LogP contribution is -2.29. The van der Waals surface area contributed by atoms with Crippen molar-refractivity contribution in [3.63, 3.8) is 0 Å². The smallest absolute Gasteiger partial charge is 0.311 e. The molecule has 0 saturated carbocycles. The lowest BCUT2D eigenvalue weighted by Gasteiger charge is -2.30. The summed E-state index contributed by atoms with van der Waals surface area (Å²) in [5.74, 6) is -0.249. The maximum absolute atomic E-state index is 12.1. The minimum Gasteiger partial charge on any atom is -0.462 e. The third kappa shape index (κ3) is 6.15. The molecule has 0 aliphatic rings. The van der Waals surface area contributed by atoms with Crippen molar-refractivity contribution in [3.8, 4) is 0 Å². The van der Waals surface area contributed by atoms with E-state index in [0.717, 1.165) is 15.6 Å². The van der Waals surface area contributed by atoms with E-state index in [2.05, 4.69) is 15.9 Å². The molecule has 0 amide bonds. The monoisotopic (exact) mass is 385 g/mol. The van der Waals surface area contributed by atoms with Crippen LogP contribution in [0.4, 0.5) is 5.69 Å². The van der Waals surface area contributed by atoms with Gasteiger partial charge in [0.1, 0.15) is 12.7 Å². The summed E-state index contributed by atoms with van der Waals surface area (Å²) >= 11 is 3.51. The molecule has 0 fully saturated rings. The molecule has 1 aromatic carbocycles. The van der Waals surface area contributed by atoms with Crippen LogP contribution in [0.25, 0.3) is 0 Å². The summed E-state index contributed by atoms with van der Waals surface area (Å²) < 4.78 is 12.5. The van der Waals surface area contributed by atoms with Crippen molar-refractivity contribution in [2.24, 2.45) is 5.41 Å². The second-order valence-corrected chi connectivity index (χ2v) is 8.64. The number of nitrogens with two attached hydrogens (primary N) is 1. The maximum Gasteiger partial charge on any atom is 0.311 e. The molecule has 5 heteroatoms. The van der Waals surface area contributed by atoms with Gasteiger partial charge in [0.2, 0.25) is 0 Å². The molecular weight excluding hydrogens is 358 g/mol. The maximum atomic E-state index is 12.1. The largest absolute Gasteiger partial charge is 0.462 e. The van der Waals surface area contributed by atoms with Crippen LogP contribution in [0.15, 0.2) is 16.6 Å². The van der Waals surface area contributed by atoms with E-state index in [-0.39, 0.29) is 24.3 Å². The van der Waals surface area contributed by atoms with E-state index in [0.29, 0.717) is 5.69 Å². The van der Waals surface area contributed by atoms with E-state index in [4.69, 9.17) is 15.2 Å². The third-order valence-electron chi connectivity index (χ3n) is 3.23. The Balaban J connectivity index is 3.09. The number of anilines is 1. The van der Waals surface area contributed by atoms with Gasteiger partial charge in [-0.15, -0.1) is 0 Å². The van der Waals surface area contributed by atoms with Gasteiger partial charge in [-0.3, -0.25) is 4.79 Å². The average Bonchev–Trinajstić information content (AvgIpc) is 2.36. The van der Waals surface area contributed by atoms with Gasteiger partial charge in [-0.05, 0) is 71.7 Å². The second kappa shape index (κ2) is 7.22. The molecule has 0 aromatic heterocycles. The molecule has 23 heavy (non-hydrogen) atoms. The zero-order valence-corrected chi connectivity index (χ0v) is 16.7. The molecule has 0 saturated heterocycles. The van der Waals surface area contributed by atoms with Gasteiger partial charge in [-0.2, -0.15) is 0 Å². The minimum atomic E-state index is -0.544. The van der Waals surface area contributed by atoms with Gasteiger partial charge in [-0.1, -0.05) is 15.9 Å². The van der Waals surface area contributed by atoms with Crippen molar-refractivity contribution < 1.29 is 14.3 Å². The molecule has 130 valence electrons. The first-order chi connectivity index (χ1) is 10.3. The predicted octanol–water partition coefficient (Wildman–Crippen LogP) is 4.79. The van der Waals surface area contributed by atoms with E-state index < -0.39 is 5.41 Å². The second-order valence-electron chi connectivity index (χ2n) is 7.78. The molecule has 1 atom stereocenters. The summed E-state index contributed by atoms with van der Waals surface area (Å²) in [6.07, 6.45) is -0.374. The fourth-order valence-electron chi connectivity index (χ4n) is 2.04. The Morgan fingerprint density at radius 1 is 1.22 bits per heavy atom. The first-order valence-corrected chi connectivity index (χ1v) is 8.51. The highest BCUT2D eigenvalue weighted by atomic mass is 79.9. The third-order valence-corrected chi connectivity index (χ3v) is 4.05. The first-order valence-electron chi connectivity index (χ1n) is 7.72. The number of hydrogen-bond acceptors (Lipinski definition) is 4. The molecular formula is C18H28BrNO3. The summed E-state index contributed by atoms with van der Waals surface area (Å²) in [6, 6.07) is 3.73. The van der Waals surface area contributed by atoms with Crippen LogP contribution in [0, 0.1) is 12.3 Å². The van der Waals surface area contributed by atoms with Gasteiger partial charge in [0, 0.05) is 10.2 Å². The first kappa shape index (κ1) is 20.0. The van der Waals surface area contributed by atoms with Crippen molar-refractivity contribution in [3.05, 3.63) is 27.7 Å². The Morgan fingerprint density at radius 3 is 2.26 bits per heavy atom. The molecule has 0 spiro atoms. The van der Waals surface area contributed by atoms with Gasteiger partial charge in [0.05, 0.1) is 11.0 Å². The van der Waals surface area contributed by atoms with Gasteiger partial charge in [-0.25, -0.2) is 0 Å². The number of halogens is 1. The predicted molar refractivity (Wildman–Crippen MR) is 97.3 cm³/mol. The number of hydrogen-bond donors (Lipinski definition) is 1. The molecule has 1 aromatic rings. The van der Waals surface area contributed by atoms with Crippen molar-refractivity contribution in [2.75, 3.05) is 12.3 Å². The Hall–Kier alpha value is -1.07. The van der Waals surface area contributed by atoms with Gasteiger partial charge in [0.25, 0.3) is 0 Å². The summed E-state index contributed by atoms with van der Waals surface area (Å²) in [5, 5.41) is 0. The van der Waals surface area contributed by atoms with Crippen LogP contribution < -0.4 is 5.73 Å². The number of benzene rings is 1. The van der Waals surface area contributed by atoms with Crippen LogP contribution in [0.2, 0.25) is 0 Å². The number of ether oxygens (including phenoxy) is 2. The van der Waals surface area contributed by atoms with Crippen LogP contribution in [0.1, 0.15) is 58.8 Å². The highest BCUT2D eigenvalue weighted by Gasteiger charge is 2.28. The zero-order valence-electron chi connectivity index (χ0n) is 15.1. The Bertz CT molecular complexity index is 571. The number of nitrogen functional groups attached to an aromatic ring is 1. The lowest BCUT2D eigenvalue weighted by atomic mass is 9.97. The number of esters is 1. The quantitative estimate of drug-likeness (QED) is 0.597. The number of carbonyl (C=O) groups excluding carboxylic acids is 1. The van der Waals surface area contributed by atoms with E-state index in [9.17, 15) is 4.79 Å². The molecule has 4 nitrogen and oxygen atoms in total. The summed E-state index contributed by atoms with van der Waals surface area (Å²) in [4.78, 5) is 12.1. The van der Waals surface area contributed by atoms with E-state index in [1.54, 1.807) is 0 Å². The molecule has 0 heterocycles. The minimum absolute atomic E-state index is 0.157. The molecule has 1 rings (SSSR count). The molecule has 2 N–H and O–H groups in total. The SMILES string of the molecule is Cc1c(Br)cc(N)cc1[C@@H](COC(=O)C(C)(C)C)OC(C)(C)C. The van der Waals surface area contributed by atoms with Crippen molar-refractivity contribution in [2.45, 2.75) is 60.2 Å². The highest BCUT2D eigenvalue weighted by molar-refractivity contribution is 9.10. The van der Waals surface area contributed by atoms with Crippen molar-refractivity contribution in [1.82, 2.24) is 0 Å². The summed E-state index contributed by atoms with van der Waals surface area (Å²) in [7, 11) is 0. The highest BCUT2D eigenvalue weighted by Crippen LogP contribution is 2.33. The fraction of sp³-hybridized carbons (Fsp3) is 0.611. The average molecular weight is 386 g/mol. The molecule has 0 unspecified atom stereocenters. The van der Waals surface area contributed by atoms with Crippen molar-refractivity contribution in [1.29, 1.82) is 0 Å². The lowest BCUT2D eigenvalue weighted by molar-refractivity contribution is -0.162. The van der Waals surface area contributed by atoms with Crippen LogP contribution >= 0.6 is 15.9 Å². The van der Waals surface area contributed by atoms with Gasteiger partial charge in [0.15, 0.2) is 0 Å². The normalized spacial score (nSPS) is 13.7. The van der Waals surface area contributed by atoms with Gasteiger partial charge >= 0.3 is 5.97 Å². The molecule has 0 aliphatic heterocycles. The van der Waals surface area contributed by atoms with Crippen LogP contribution in [0.5, 0.6) is 0 Å². The van der Waals surface area contributed by atoms with E-state index in [1.807, 2.05) is 60.6 Å². The molecule has 0 bridgehead atoms. The van der Waals surface area contributed by atoms with E-state index >= 15 is 0 Å². The van der Waals surface area contributed by atoms with Crippen molar-refractivity contribution >= 4 is 27.6 Å². The number of rotatable bonds is 4. The molecule has 0 aliphatic carbocycles. The molecule has 0 radical (unpaired) electrons. The van der Waals surface area contributed by atoms with E-state index in [1.165, 1.54) is 0 Å². The van der Waals surface area contributed by atoms with Crippen LogP contribution in [-0.4, -0.2) is 18.2 Å². The van der Waals surface area contributed by atoms with Crippen LogP contribution in [0.3, 0.4) is 0 Å². The fourth-order valence-corrected chi connectivity index (χ4v) is 2.53. The Morgan fingerprint density at radius 2 is 1.78 bits per heavy atom. The number of carbonyl (C=O) groups is 1. The summed E-state index contributed by atoms with van der Waals surface area (Å²) in [5.41, 5.74) is 7.64. The zero-order chi connectivity index (χ0) is 18.0. The van der Waals surface area contributed by atoms with Gasteiger partial charge < -0.3 is 15.2 Å². The standard InChI is InChI=1S/C18H28BrNO3/c1-11-13(8-12(20)9-14(11)19)15(23-18(5,6)7)10-22-16(21)17(2,3)4/h8-9,15H,10,20H2,1-7H3/t15-/m1/s1. The topological polar surface area (TPSA) is 61.5 Å². The Kier molecular flexibility index (Phi) is 6.27.